The fourth-order valence-corrected chi connectivity index (χ4v) is 3.41. The quantitative estimate of drug-likeness (QED) is 0.636. The number of ether oxygens (including phenoxy) is 1. The zero-order valence-electron chi connectivity index (χ0n) is 15.5. The molecule has 0 aliphatic carbocycles. The van der Waals surface area contributed by atoms with Gasteiger partial charge in [0.1, 0.15) is 11.6 Å². The van der Waals surface area contributed by atoms with Crippen molar-refractivity contribution >= 4 is 29.0 Å². The van der Waals surface area contributed by atoms with E-state index in [0.717, 1.165) is 36.0 Å². The van der Waals surface area contributed by atoms with Crippen LogP contribution >= 0.6 is 0 Å². The number of nitrogens with one attached hydrogen (secondary N) is 3. The van der Waals surface area contributed by atoms with E-state index in [2.05, 4.69) is 20.8 Å². The minimum Gasteiger partial charge on any atom is -0.495 e. The predicted molar refractivity (Wildman–Crippen MR) is 107 cm³/mol. The van der Waals surface area contributed by atoms with Gasteiger partial charge in [-0.1, -0.05) is 18.2 Å². The Morgan fingerprint density at radius 2 is 2.07 bits per heavy atom. The lowest BCUT2D eigenvalue weighted by Gasteiger charge is -2.14. The van der Waals surface area contributed by atoms with Crippen molar-refractivity contribution in [1.29, 1.82) is 0 Å². The topological polar surface area (TPSA) is 79.0 Å². The number of benzene rings is 2. The van der Waals surface area contributed by atoms with Gasteiger partial charge in [0.25, 0.3) is 5.91 Å². The molecule has 3 N–H and O–H groups in total. The Labute approximate surface area is 161 Å². The van der Waals surface area contributed by atoms with Crippen molar-refractivity contribution in [1.82, 2.24) is 20.8 Å². The first-order chi connectivity index (χ1) is 13.7. The summed E-state index contributed by atoms with van der Waals surface area (Å²) in [6, 6.07) is 9.87. The molecule has 0 bridgehead atoms. The maximum atomic E-state index is 13.1. The van der Waals surface area contributed by atoms with Crippen LogP contribution in [0, 0.1) is 5.82 Å². The average Bonchev–Trinajstić information content (AvgIpc) is 3.36. The molecule has 6 nitrogen and oxygen atoms in total. The number of fused-ring (bicyclic) bond motifs is 1. The number of amides is 1. The van der Waals surface area contributed by atoms with E-state index in [1.165, 1.54) is 12.1 Å². The lowest BCUT2D eigenvalue weighted by Crippen LogP contribution is -2.36. The van der Waals surface area contributed by atoms with Crippen molar-refractivity contribution in [3.8, 4) is 5.75 Å². The minimum absolute atomic E-state index is 0.120. The van der Waals surface area contributed by atoms with E-state index in [4.69, 9.17) is 4.74 Å². The van der Waals surface area contributed by atoms with Crippen LogP contribution in [0.5, 0.6) is 5.75 Å². The molecule has 3 aromatic rings. The van der Waals surface area contributed by atoms with Crippen molar-refractivity contribution in [2.24, 2.45) is 0 Å². The predicted octanol–water partition coefficient (Wildman–Crippen LogP) is 2.97. The summed E-state index contributed by atoms with van der Waals surface area (Å²) in [6.07, 6.45) is 4.57. The third-order valence-corrected chi connectivity index (χ3v) is 4.86. The van der Waals surface area contributed by atoms with Gasteiger partial charge < -0.3 is 15.4 Å². The number of carbonyl (C=O) groups is 1. The highest BCUT2D eigenvalue weighted by Crippen LogP contribution is 2.32. The minimum atomic E-state index is -0.280. The summed E-state index contributed by atoms with van der Waals surface area (Å²) in [4.78, 5) is 12.8. The van der Waals surface area contributed by atoms with E-state index in [1.54, 1.807) is 25.3 Å². The molecule has 1 amide bonds. The Morgan fingerprint density at radius 1 is 1.25 bits per heavy atom. The molecule has 1 aromatic heterocycles. The van der Waals surface area contributed by atoms with E-state index in [-0.39, 0.29) is 17.8 Å². The van der Waals surface area contributed by atoms with Gasteiger partial charge in [0, 0.05) is 12.6 Å². The summed E-state index contributed by atoms with van der Waals surface area (Å²) in [5.74, 6) is 0.0349. The largest absolute Gasteiger partial charge is 0.495 e. The van der Waals surface area contributed by atoms with E-state index in [0.29, 0.717) is 17.0 Å². The summed E-state index contributed by atoms with van der Waals surface area (Å²) in [6.45, 7) is 1.68. The average molecular weight is 380 g/mol. The second-order valence-electron chi connectivity index (χ2n) is 6.73. The number of rotatable bonds is 5. The zero-order chi connectivity index (χ0) is 19.5. The third kappa shape index (κ3) is 3.61. The second-order valence-corrected chi connectivity index (χ2v) is 6.73. The Bertz CT molecular complexity index is 1020. The molecule has 1 atom stereocenters. The molecule has 1 saturated heterocycles. The monoisotopic (exact) mass is 380 g/mol. The fourth-order valence-electron chi connectivity index (χ4n) is 3.41. The van der Waals surface area contributed by atoms with Crippen molar-refractivity contribution in [3.63, 3.8) is 0 Å². The molecule has 7 heteroatoms. The van der Waals surface area contributed by atoms with Crippen molar-refractivity contribution < 1.29 is 13.9 Å². The van der Waals surface area contributed by atoms with Gasteiger partial charge >= 0.3 is 0 Å². The van der Waals surface area contributed by atoms with Crippen LogP contribution in [0.3, 0.4) is 0 Å². The van der Waals surface area contributed by atoms with Gasteiger partial charge in [-0.05, 0) is 48.9 Å². The molecule has 2 heterocycles. The van der Waals surface area contributed by atoms with Gasteiger partial charge in [0.15, 0.2) is 0 Å². The van der Waals surface area contributed by atoms with E-state index < -0.39 is 0 Å². The second kappa shape index (κ2) is 7.82. The lowest BCUT2D eigenvalue weighted by molar-refractivity contribution is 0.0937. The molecule has 2 aromatic carbocycles. The first-order valence-corrected chi connectivity index (χ1v) is 9.16. The molecule has 4 rings (SSSR count). The van der Waals surface area contributed by atoms with E-state index in [9.17, 15) is 9.18 Å². The van der Waals surface area contributed by atoms with Gasteiger partial charge in [-0.3, -0.25) is 9.89 Å². The number of aromatic amines is 1. The molecule has 1 aliphatic rings. The highest BCUT2D eigenvalue weighted by molar-refractivity contribution is 6.05. The third-order valence-electron chi connectivity index (χ3n) is 4.86. The van der Waals surface area contributed by atoms with Gasteiger partial charge in [-0.2, -0.15) is 5.10 Å². The first-order valence-electron chi connectivity index (χ1n) is 9.16. The summed E-state index contributed by atoms with van der Waals surface area (Å²) in [5, 5.41) is 14.3. The van der Waals surface area contributed by atoms with E-state index in [1.807, 2.05) is 18.2 Å². The fraction of sp³-hybridized carbons (Fsp3) is 0.238. The Kier molecular flexibility index (Phi) is 5.08. The van der Waals surface area contributed by atoms with Gasteiger partial charge in [0.05, 0.1) is 29.3 Å². The van der Waals surface area contributed by atoms with Crippen LogP contribution in [0.25, 0.3) is 23.1 Å². The van der Waals surface area contributed by atoms with Gasteiger partial charge in [-0.25, -0.2) is 4.39 Å². The normalized spacial score (nSPS) is 16.7. The number of aromatic nitrogens is 2. The molecule has 0 radical (unpaired) electrons. The lowest BCUT2D eigenvalue weighted by atomic mass is 10.1. The van der Waals surface area contributed by atoms with Gasteiger partial charge in [-0.15, -0.1) is 0 Å². The zero-order valence-corrected chi connectivity index (χ0v) is 15.5. The van der Waals surface area contributed by atoms with Crippen LogP contribution in [-0.4, -0.2) is 42.3 Å². The molecule has 0 saturated carbocycles. The number of methoxy groups -OCH3 is 1. The maximum Gasteiger partial charge on any atom is 0.255 e. The highest BCUT2D eigenvalue weighted by atomic mass is 19.1. The first kappa shape index (κ1) is 18.2. The van der Waals surface area contributed by atoms with Crippen LogP contribution in [-0.2, 0) is 0 Å². The molecule has 28 heavy (non-hydrogen) atoms. The number of nitrogens with zero attached hydrogens (tertiary/aromatic N) is 1. The number of H-pyrrole nitrogens is 1. The van der Waals surface area contributed by atoms with E-state index >= 15 is 0 Å². The SMILES string of the molecule is COc1c(C(=O)N[C@H]2CCNC2)ccc2[nH]nc(/C=C/c3ccc(F)cc3)c12. The molecule has 0 unspecified atom stereocenters. The highest BCUT2D eigenvalue weighted by Gasteiger charge is 2.22. The number of carbonyl (C=O) groups excluding carboxylic acids is 1. The summed E-state index contributed by atoms with van der Waals surface area (Å²) < 4.78 is 18.7. The number of hydrogen-bond donors (Lipinski definition) is 3. The molecule has 1 aliphatic heterocycles. The summed E-state index contributed by atoms with van der Waals surface area (Å²) in [5.41, 5.74) is 2.74. The molecule has 1 fully saturated rings. The van der Waals surface area contributed by atoms with Gasteiger partial charge in [0.2, 0.25) is 0 Å². The Balaban J connectivity index is 1.68. The Hall–Kier alpha value is -3.19. The van der Waals surface area contributed by atoms with Crippen LogP contribution in [0.15, 0.2) is 36.4 Å². The van der Waals surface area contributed by atoms with Crippen LogP contribution in [0.2, 0.25) is 0 Å². The molecular formula is C21H21FN4O2. The van der Waals surface area contributed by atoms with Crippen LogP contribution < -0.4 is 15.4 Å². The summed E-state index contributed by atoms with van der Waals surface area (Å²) in [7, 11) is 1.54. The molecular weight excluding hydrogens is 359 g/mol. The van der Waals surface area contributed by atoms with Crippen molar-refractivity contribution in [2.75, 3.05) is 20.2 Å². The summed E-state index contributed by atoms with van der Waals surface area (Å²) >= 11 is 0. The van der Waals surface area contributed by atoms with Crippen LogP contribution in [0.4, 0.5) is 4.39 Å². The van der Waals surface area contributed by atoms with Crippen molar-refractivity contribution in [3.05, 3.63) is 59.0 Å². The van der Waals surface area contributed by atoms with Crippen molar-refractivity contribution in [2.45, 2.75) is 12.5 Å². The Morgan fingerprint density at radius 3 is 2.79 bits per heavy atom. The molecule has 0 spiro atoms. The maximum absolute atomic E-state index is 13.1. The van der Waals surface area contributed by atoms with Crippen LogP contribution in [0.1, 0.15) is 28.0 Å². The number of halogens is 1. The number of hydrogen-bond acceptors (Lipinski definition) is 4. The standard InChI is InChI=1S/C21H21FN4O2/c1-28-20-16(21(27)24-15-10-11-23-12-15)7-9-18-19(20)17(25-26-18)8-4-13-2-5-14(22)6-3-13/h2-9,15,23H,10-12H2,1H3,(H,24,27)(H,25,26)/b8-4+/t15-/m0/s1. The molecule has 144 valence electrons. The smallest absolute Gasteiger partial charge is 0.255 e.